The normalized spacial score (nSPS) is 22.0. The van der Waals surface area contributed by atoms with Crippen LogP contribution < -0.4 is 5.32 Å². The molecule has 12 heteroatoms. The fraction of sp³-hybridized carbons (Fsp3) is 0.514. The monoisotopic (exact) mass is 668 g/mol. The van der Waals surface area contributed by atoms with Crippen LogP contribution >= 0.6 is 11.6 Å². The van der Waals surface area contributed by atoms with Crippen molar-refractivity contribution in [3.63, 3.8) is 0 Å². The quantitative estimate of drug-likeness (QED) is 0.254. The molecule has 1 saturated carbocycles. The van der Waals surface area contributed by atoms with E-state index in [2.05, 4.69) is 5.32 Å². The summed E-state index contributed by atoms with van der Waals surface area (Å²) < 4.78 is 29.7. The van der Waals surface area contributed by atoms with Crippen LogP contribution in [0.15, 0.2) is 42.6 Å². The van der Waals surface area contributed by atoms with Crippen LogP contribution in [-0.4, -0.2) is 77.0 Å². The number of fused-ring (bicyclic) bond motifs is 1. The van der Waals surface area contributed by atoms with Gasteiger partial charge in [-0.25, -0.2) is 4.39 Å². The summed E-state index contributed by atoms with van der Waals surface area (Å²) in [5.41, 5.74) is 1.54. The lowest BCUT2D eigenvalue weighted by atomic mass is 9.87. The molecular formula is C35H42ClFN4O6. The number of hydroxylamine groups is 2. The van der Waals surface area contributed by atoms with Crippen molar-refractivity contribution in [3.8, 4) is 0 Å². The highest BCUT2D eigenvalue weighted by atomic mass is 35.5. The van der Waals surface area contributed by atoms with Crippen LogP contribution in [0.25, 0.3) is 10.9 Å². The zero-order valence-corrected chi connectivity index (χ0v) is 27.7. The molecule has 47 heavy (non-hydrogen) atoms. The molecule has 10 nitrogen and oxygen atoms in total. The lowest BCUT2D eigenvalue weighted by Gasteiger charge is -2.47. The number of Topliss-reactive ketones (excluding diaryl/α,β-unsaturated/α-hetero) is 1. The van der Waals surface area contributed by atoms with E-state index in [1.165, 1.54) is 6.07 Å². The van der Waals surface area contributed by atoms with Crippen molar-refractivity contribution in [2.24, 2.45) is 13.0 Å². The van der Waals surface area contributed by atoms with Gasteiger partial charge in [0.25, 0.3) is 11.8 Å². The summed E-state index contributed by atoms with van der Waals surface area (Å²) >= 11 is 6.61. The third kappa shape index (κ3) is 6.82. The Morgan fingerprint density at radius 3 is 2.51 bits per heavy atom. The average Bonchev–Trinajstić information content (AvgIpc) is 3.86. The van der Waals surface area contributed by atoms with E-state index in [-0.39, 0.29) is 46.5 Å². The van der Waals surface area contributed by atoms with Crippen molar-refractivity contribution >= 4 is 45.9 Å². The number of aryl methyl sites for hydroxylation is 1. The van der Waals surface area contributed by atoms with Gasteiger partial charge < -0.3 is 19.4 Å². The van der Waals surface area contributed by atoms with Gasteiger partial charge in [-0.2, -0.15) is 0 Å². The minimum atomic E-state index is -1.55. The molecule has 1 aromatic heterocycles. The molecule has 0 spiro atoms. The number of ether oxygens (including phenoxy) is 2. The van der Waals surface area contributed by atoms with Gasteiger partial charge in [0, 0.05) is 50.2 Å². The third-order valence-electron chi connectivity index (χ3n) is 9.49. The number of hydrogen-bond donors (Lipinski definition) is 1. The van der Waals surface area contributed by atoms with Crippen LogP contribution in [0.4, 0.5) is 10.1 Å². The van der Waals surface area contributed by atoms with E-state index in [4.69, 9.17) is 25.9 Å². The van der Waals surface area contributed by atoms with Crippen LogP contribution in [0.1, 0.15) is 67.8 Å². The molecule has 1 amide bonds. The van der Waals surface area contributed by atoms with Crippen molar-refractivity contribution in [3.05, 3.63) is 64.6 Å². The molecule has 3 heterocycles. The first kappa shape index (κ1) is 33.5. The largest absolute Gasteiger partial charge is 0.466 e. The molecule has 3 aliphatic rings. The lowest BCUT2D eigenvalue weighted by Crippen LogP contribution is -2.67. The number of nitrogens with zero attached hydrogens (tertiary/aromatic N) is 3. The van der Waals surface area contributed by atoms with Gasteiger partial charge in [0.05, 0.1) is 41.5 Å². The van der Waals surface area contributed by atoms with Gasteiger partial charge >= 0.3 is 5.97 Å². The fourth-order valence-electron chi connectivity index (χ4n) is 7.11. The van der Waals surface area contributed by atoms with E-state index in [0.29, 0.717) is 64.1 Å². The Morgan fingerprint density at radius 1 is 1.06 bits per heavy atom. The van der Waals surface area contributed by atoms with Crippen LogP contribution in [0.2, 0.25) is 5.02 Å². The molecule has 3 aromatic rings. The maximum absolute atomic E-state index is 15.8. The number of likely N-dealkylation sites (tertiary alicyclic amines) is 1. The van der Waals surface area contributed by atoms with Crippen LogP contribution in [0, 0.1) is 11.7 Å². The molecule has 3 fully saturated rings. The van der Waals surface area contributed by atoms with Gasteiger partial charge in [-0.1, -0.05) is 29.8 Å². The van der Waals surface area contributed by atoms with Gasteiger partial charge in [0.15, 0.2) is 0 Å². The molecule has 0 radical (unpaired) electrons. The number of carbonyl (C=O) groups is 3. The zero-order valence-electron chi connectivity index (χ0n) is 26.9. The number of rotatable bonds is 11. The first-order valence-electron chi connectivity index (χ1n) is 16.6. The molecule has 2 aromatic carbocycles. The average molecular weight is 669 g/mol. The second kappa shape index (κ2) is 14.4. The summed E-state index contributed by atoms with van der Waals surface area (Å²) in [5, 5.41) is 5.26. The van der Waals surface area contributed by atoms with Crippen molar-refractivity contribution in [2.75, 3.05) is 38.2 Å². The van der Waals surface area contributed by atoms with Crippen LogP contribution in [-0.2, 0) is 37.4 Å². The molecule has 2 saturated heterocycles. The van der Waals surface area contributed by atoms with Crippen LogP contribution in [0.3, 0.4) is 0 Å². The summed E-state index contributed by atoms with van der Waals surface area (Å²) in [4.78, 5) is 48.2. The Morgan fingerprint density at radius 2 is 1.81 bits per heavy atom. The summed E-state index contributed by atoms with van der Waals surface area (Å²) in [6.07, 6.45) is 6.03. The molecular weight excluding hydrogens is 627 g/mol. The highest BCUT2D eigenvalue weighted by Gasteiger charge is 2.54. The number of nitrogens with one attached hydrogen (secondary N) is 1. The Bertz CT molecular complexity index is 1610. The number of hydrogen-bond acceptors (Lipinski definition) is 8. The number of amides is 1. The summed E-state index contributed by atoms with van der Waals surface area (Å²) in [5.74, 6) is -3.36. The van der Waals surface area contributed by atoms with Gasteiger partial charge in [0.1, 0.15) is 5.82 Å². The SMILES string of the molecule is CCOC(=O)[C@H]1CC[C@H](OC(C(=O)Cc2cc(Cl)c(NC(=O)c3cn(C)c4ccccc34)cc2F)(N2CCCC2)N2CCCO2)CC1. The van der Waals surface area contributed by atoms with E-state index >= 15 is 4.39 Å². The van der Waals surface area contributed by atoms with Crippen molar-refractivity contribution < 1.29 is 33.1 Å². The summed E-state index contributed by atoms with van der Waals surface area (Å²) in [6.45, 7) is 4.34. The third-order valence-corrected chi connectivity index (χ3v) is 9.80. The second-order valence-electron chi connectivity index (χ2n) is 12.6. The molecule has 1 N–H and O–H groups in total. The maximum Gasteiger partial charge on any atom is 0.308 e. The van der Waals surface area contributed by atoms with Gasteiger partial charge in [-0.05, 0) is 75.6 Å². The summed E-state index contributed by atoms with van der Waals surface area (Å²) in [7, 11) is 1.85. The zero-order chi connectivity index (χ0) is 33.1. The highest BCUT2D eigenvalue weighted by Crippen LogP contribution is 2.38. The second-order valence-corrected chi connectivity index (χ2v) is 13.0. The van der Waals surface area contributed by atoms with E-state index < -0.39 is 17.6 Å². The Hall–Kier alpha value is -3.35. The number of carbonyl (C=O) groups excluding carboxylic acids is 3. The predicted molar refractivity (Wildman–Crippen MR) is 175 cm³/mol. The minimum absolute atomic E-state index is 0.0977. The topological polar surface area (TPSA) is 102 Å². The van der Waals surface area contributed by atoms with Gasteiger partial charge in [0.2, 0.25) is 5.78 Å². The predicted octanol–water partition coefficient (Wildman–Crippen LogP) is 5.86. The Kier molecular flexibility index (Phi) is 10.3. The van der Waals surface area contributed by atoms with Crippen molar-refractivity contribution in [1.82, 2.24) is 14.5 Å². The van der Waals surface area contributed by atoms with Crippen molar-refractivity contribution in [2.45, 2.75) is 70.2 Å². The first-order chi connectivity index (χ1) is 22.7. The van der Waals surface area contributed by atoms with Crippen molar-refractivity contribution in [1.29, 1.82) is 0 Å². The maximum atomic E-state index is 15.8. The molecule has 252 valence electrons. The van der Waals surface area contributed by atoms with E-state index in [1.807, 2.05) is 40.8 Å². The molecule has 6 rings (SSSR count). The van der Waals surface area contributed by atoms with Gasteiger partial charge in [-0.3, -0.25) is 24.1 Å². The fourth-order valence-corrected chi connectivity index (χ4v) is 7.34. The molecule has 2 aliphatic heterocycles. The first-order valence-corrected chi connectivity index (χ1v) is 17.0. The Labute approximate surface area is 279 Å². The highest BCUT2D eigenvalue weighted by molar-refractivity contribution is 6.34. The van der Waals surface area contributed by atoms with E-state index in [1.54, 1.807) is 18.2 Å². The summed E-state index contributed by atoms with van der Waals surface area (Å²) in [6, 6.07) is 10.1. The molecule has 1 atom stereocenters. The minimum Gasteiger partial charge on any atom is -0.466 e. The molecule has 1 unspecified atom stereocenters. The molecule has 1 aliphatic carbocycles. The number of benzene rings is 2. The van der Waals surface area contributed by atoms with E-state index in [0.717, 1.165) is 36.2 Å². The number of para-hydroxylation sites is 1. The number of ketones is 1. The number of anilines is 1. The number of esters is 1. The molecule has 0 bridgehead atoms. The number of halogens is 2. The van der Waals surface area contributed by atoms with E-state index in [9.17, 15) is 14.4 Å². The van der Waals surface area contributed by atoms with Crippen LogP contribution in [0.5, 0.6) is 0 Å². The lowest BCUT2D eigenvalue weighted by molar-refractivity contribution is -0.335. The smallest absolute Gasteiger partial charge is 0.308 e. The van der Waals surface area contributed by atoms with Gasteiger partial charge in [-0.15, -0.1) is 5.06 Å². The standard InChI is InChI=1S/C35H42ClFN4O6/c1-3-45-34(44)23-11-13-25(14-12-23)47-35(40-15-6-7-16-40,41-17-8-18-46-41)32(42)20-24-19-28(36)30(21-29(24)37)38-33(43)27-22-39(2)31-10-5-4-9-26(27)31/h4-5,9-10,19,21-23,25H,3,6-8,11-18,20H2,1-2H3,(H,38,43)/t23-,25-,35?. The number of aromatic nitrogens is 1. The Balaban J connectivity index is 1.23.